The number of carbonyl (C=O) groups excluding carboxylic acids is 1. The molecule has 1 aliphatic heterocycles. The van der Waals surface area contributed by atoms with E-state index in [1.165, 1.54) is 17.0 Å². The number of carbonyl (C=O) groups is 1. The number of alkyl halides is 3. The fraction of sp³-hybridized carbons (Fsp3) is 0.148. The molecule has 1 aromatic heterocycles. The molecule has 5 rings (SSSR count). The van der Waals surface area contributed by atoms with Crippen LogP contribution in [0.1, 0.15) is 35.5 Å². The van der Waals surface area contributed by atoms with Crippen LogP contribution in [0.4, 0.5) is 23.7 Å². The summed E-state index contributed by atoms with van der Waals surface area (Å²) in [6, 6.07) is 20.2. The van der Waals surface area contributed by atoms with Crippen molar-refractivity contribution in [3.05, 3.63) is 107 Å². The minimum atomic E-state index is -4.55. The number of hydrogen-bond donors (Lipinski definition) is 1. The highest BCUT2D eigenvalue weighted by molar-refractivity contribution is 6.01. The number of allylic oxidation sites excluding steroid dienone is 1. The number of hydrogen-bond acceptors (Lipinski definition) is 4. The molecule has 0 bridgehead atoms. The van der Waals surface area contributed by atoms with Gasteiger partial charge in [0.1, 0.15) is 0 Å². The third kappa shape index (κ3) is 4.35. The van der Waals surface area contributed by atoms with Crippen LogP contribution in [0.2, 0.25) is 0 Å². The third-order valence-corrected chi connectivity index (χ3v) is 6.02. The molecule has 0 fully saturated rings. The van der Waals surface area contributed by atoms with Gasteiger partial charge in [0.2, 0.25) is 5.82 Å². The lowest BCUT2D eigenvalue weighted by atomic mass is 9.94. The highest BCUT2D eigenvalue weighted by Crippen LogP contribution is 2.40. The van der Waals surface area contributed by atoms with Crippen molar-refractivity contribution in [2.75, 3.05) is 4.90 Å². The van der Waals surface area contributed by atoms with Crippen molar-refractivity contribution in [3.8, 4) is 11.4 Å². The Labute approximate surface area is 205 Å². The Hall–Kier alpha value is -4.40. The van der Waals surface area contributed by atoms with Crippen LogP contribution >= 0.6 is 0 Å². The quantitative estimate of drug-likeness (QED) is 0.343. The molecule has 1 aliphatic rings. The van der Waals surface area contributed by atoms with Crippen LogP contribution in [0.25, 0.3) is 17.0 Å². The fourth-order valence-electron chi connectivity index (χ4n) is 4.20. The van der Waals surface area contributed by atoms with Gasteiger partial charge in [-0.3, -0.25) is 4.90 Å². The Morgan fingerprint density at radius 3 is 2.36 bits per heavy atom. The van der Waals surface area contributed by atoms with Gasteiger partial charge in [0.15, 0.2) is 0 Å². The Balaban J connectivity index is 1.66. The van der Waals surface area contributed by atoms with E-state index < -0.39 is 23.8 Å². The highest BCUT2D eigenvalue weighted by Gasteiger charge is 2.38. The Morgan fingerprint density at radius 2 is 1.67 bits per heavy atom. The summed E-state index contributed by atoms with van der Waals surface area (Å²) in [4.78, 5) is 19.0. The van der Waals surface area contributed by atoms with E-state index in [4.69, 9.17) is 4.52 Å². The van der Waals surface area contributed by atoms with Gasteiger partial charge in [0.05, 0.1) is 22.9 Å². The molecule has 1 unspecified atom stereocenters. The molecule has 182 valence electrons. The molecule has 1 N–H and O–H groups in total. The van der Waals surface area contributed by atoms with Crippen LogP contribution in [0, 0.1) is 6.92 Å². The van der Waals surface area contributed by atoms with E-state index in [-0.39, 0.29) is 11.6 Å². The average Bonchev–Trinajstić information content (AvgIpc) is 3.34. The molecule has 0 saturated heterocycles. The minimum absolute atomic E-state index is 0.0717. The monoisotopic (exact) mass is 490 g/mol. The molecule has 36 heavy (non-hydrogen) atoms. The lowest BCUT2D eigenvalue weighted by Crippen LogP contribution is -2.46. The molecule has 4 aromatic rings. The van der Waals surface area contributed by atoms with Gasteiger partial charge in [-0.1, -0.05) is 71.4 Å². The van der Waals surface area contributed by atoms with Crippen molar-refractivity contribution in [1.29, 1.82) is 0 Å². The van der Waals surface area contributed by atoms with Gasteiger partial charge in [0, 0.05) is 11.3 Å². The second-order valence-corrected chi connectivity index (χ2v) is 8.46. The second-order valence-electron chi connectivity index (χ2n) is 8.46. The van der Waals surface area contributed by atoms with Gasteiger partial charge in [-0.15, -0.1) is 0 Å². The van der Waals surface area contributed by atoms with Crippen LogP contribution in [-0.4, -0.2) is 16.2 Å². The zero-order chi connectivity index (χ0) is 25.4. The standard InChI is InChI=1S/C27H21F3N4O2/c1-16-11-13-18(14-12-16)23-22(25-32-24(33-36-25)19-7-4-3-5-8-19)17(2)34(26(35)31-23)21-10-6-9-20(15-21)27(28,29)30/h3-15,23H,1-2H3,(H,31,35). The number of urea groups is 1. The highest BCUT2D eigenvalue weighted by atomic mass is 19.4. The van der Waals surface area contributed by atoms with Crippen molar-refractivity contribution in [3.63, 3.8) is 0 Å². The van der Waals surface area contributed by atoms with E-state index in [2.05, 4.69) is 15.5 Å². The molecule has 6 nitrogen and oxygen atoms in total. The molecule has 2 heterocycles. The number of aromatic nitrogens is 2. The number of amides is 2. The number of benzene rings is 3. The normalized spacial score (nSPS) is 16.3. The van der Waals surface area contributed by atoms with Gasteiger partial charge in [-0.2, -0.15) is 18.2 Å². The second kappa shape index (κ2) is 8.99. The summed E-state index contributed by atoms with van der Waals surface area (Å²) >= 11 is 0. The predicted octanol–water partition coefficient (Wildman–Crippen LogP) is 6.77. The summed E-state index contributed by atoms with van der Waals surface area (Å²) in [6.07, 6.45) is -4.55. The minimum Gasteiger partial charge on any atom is -0.334 e. The molecule has 3 aromatic carbocycles. The van der Waals surface area contributed by atoms with Crippen molar-refractivity contribution in [2.24, 2.45) is 0 Å². The van der Waals surface area contributed by atoms with Crippen LogP contribution < -0.4 is 10.2 Å². The smallest absolute Gasteiger partial charge is 0.334 e. The first-order valence-corrected chi connectivity index (χ1v) is 11.2. The van der Waals surface area contributed by atoms with E-state index in [9.17, 15) is 18.0 Å². The lowest BCUT2D eigenvalue weighted by Gasteiger charge is -2.35. The number of halogens is 3. The Morgan fingerprint density at radius 1 is 0.944 bits per heavy atom. The van der Waals surface area contributed by atoms with E-state index in [0.717, 1.165) is 28.8 Å². The predicted molar refractivity (Wildman–Crippen MR) is 129 cm³/mol. The van der Waals surface area contributed by atoms with E-state index in [0.29, 0.717) is 17.1 Å². The Bertz CT molecular complexity index is 1440. The number of aryl methyl sites for hydroxylation is 1. The molecule has 1 atom stereocenters. The molecular weight excluding hydrogens is 469 g/mol. The topological polar surface area (TPSA) is 71.3 Å². The number of nitrogens with one attached hydrogen (secondary N) is 1. The number of rotatable bonds is 4. The van der Waals surface area contributed by atoms with Crippen molar-refractivity contribution in [2.45, 2.75) is 26.1 Å². The fourth-order valence-corrected chi connectivity index (χ4v) is 4.20. The van der Waals surface area contributed by atoms with Crippen molar-refractivity contribution >= 4 is 17.3 Å². The first-order valence-electron chi connectivity index (χ1n) is 11.2. The number of anilines is 1. The van der Waals surface area contributed by atoms with Gasteiger partial charge < -0.3 is 9.84 Å². The van der Waals surface area contributed by atoms with Gasteiger partial charge >= 0.3 is 12.2 Å². The molecule has 0 radical (unpaired) electrons. The average molecular weight is 490 g/mol. The SMILES string of the molecule is CC1=C(c2nc(-c3ccccc3)no2)C(c2ccc(C)cc2)NC(=O)N1c1cccc(C(F)(F)F)c1. The van der Waals surface area contributed by atoms with E-state index in [1.54, 1.807) is 6.92 Å². The van der Waals surface area contributed by atoms with Gasteiger partial charge in [0.25, 0.3) is 5.89 Å². The summed E-state index contributed by atoms with van der Waals surface area (Å²) in [6.45, 7) is 3.60. The summed E-state index contributed by atoms with van der Waals surface area (Å²) < 4.78 is 45.8. The lowest BCUT2D eigenvalue weighted by molar-refractivity contribution is -0.137. The molecule has 9 heteroatoms. The molecule has 0 saturated carbocycles. The summed E-state index contributed by atoms with van der Waals surface area (Å²) in [7, 11) is 0. The first-order chi connectivity index (χ1) is 17.2. The molecule has 2 amide bonds. The number of nitrogens with zero attached hydrogens (tertiary/aromatic N) is 3. The maximum Gasteiger partial charge on any atom is 0.416 e. The zero-order valence-corrected chi connectivity index (χ0v) is 19.4. The van der Waals surface area contributed by atoms with Crippen molar-refractivity contribution < 1.29 is 22.5 Å². The molecule has 0 spiro atoms. The van der Waals surface area contributed by atoms with Crippen LogP contribution in [0.5, 0.6) is 0 Å². The van der Waals surface area contributed by atoms with E-state index >= 15 is 0 Å². The maximum atomic E-state index is 13.4. The van der Waals surface area contributed by atoms with Gasteiger partial charge in [-0.05, 0) is 37.6 Å². The molecule has 0 aliphatic carbocycles. The first kappa shape index (κ1) is 23.3. The van der Waals surface area contributed by atoms with Crippen LogP contribution in [-0.2, 0) is 6.18 Å². The largest absolute Gasteiger partial charge is 0.416 e. The Kier molecular flexibility index (Phi) is 5.83. The van der Waals surface area contributed by atoms with Crippen LogP contribution in [0.15, 0.2) is 89.1 Å². The van der Waals surface area contributed by atoms with Crippen molar-refractivity contribution in [1.82, 2.24) is 15.5 Å². The summed E-state index contributed by atoms with van der Waals surface area (Å²) in [5.74, 6) is 0.518. The van der Waals surface area contributed by atoms with Crippen LogP contribution in [0.3, 0.4) is 0 Å². The molecular formula is C27H21F3N4O2. The zero-order valence-electron chi connectivity index (χ0n) is 19.4. The third-order valence-electron chi connectivity index (χ3n) is 6.02. The van der Waals surface area contributed by atoms with Gasteiger partial charge in [-0.25, -0.2) is 4.79 Å². The summed E-state index contributed by atoms with van der Waals surface area (Å²) in [5, 5.41) is 7.01. The maximum absolute atomic E-state index is 13.4. The summed E-state index contributed by atoms with van der Waals surface area (Å²) in [5.41, 5.74) is 2.64. The van der Waals surface area contributed by atoms with E-state index in [1.807, 2.05) is 61.5 Å².